The van der Waals surface area contributed by atoms with Gasteiger partial charge in [-0.05, 0) is 50.1 Å². The van der Waals surface area contributed by atoms with E-state index in [2.05, 4.69) is 15.6 Å². The lowest BCUT2D eigenvalue weighted by molar-refractivity contribution is 0.0937. The van der Waals surface area contributed by atoms with Crippen molar-refractivity contribution in [1.29, 1.82) is 0 Å². The number of nitrogens with zero attached hydrogens (tertiary/aromatic N) is 1. The van der Waals surface area contributed by atoms with Crippen LogP contribution in [-0.4, -0.2) is 29.4 Å². The van der Waals surface area contributed by atoms with E-state index in [1.165, 1.54) is 0 Å². The van der Waals surface area contributed by atoms with E-state index in [9.17, 15) is 9.59 Å². The number of rotatable bonds is 6. The highest BCUT2D eigenvalue weighted by molar-refractivity contribution is 6.30. The summed E-state index contributed by atoms with van der Waals surface area (Å²) in [5.41, 5.74) is 1.49. The first kappa shape index (κ1) is 17.9. The Morgan fingerprint density at radius 2 is 1.75 bits per heavy atom. The lowest BCUT2D eigenvalue weighted by Gasteiger charge is -2.09. The monoisotopic (exact) mass is 345 g/mol. The van der Waals surface area contributed by atoms with Gasteiger partial charge in [0, 0.05) is 17.6 Å². The minimum Gasteiger partial charge on any atom is -0.350 e. The Morgan fingerprint density at radius 3 is 2.42 bits per heavy atom. The second-order valence-electron chi connectivity index (χ2n) is 5.67. The van der Waals surface area contributed by atoms with E-state index in [1.807, 2.05) is 32.0 Å². The molecule has 1 aromatic heterocycles. The summed E-state index contributed by atoms with van der Waals surface area (Å²) in [6, 6.07) is 12.3. The maximum atomic E-state index is 12.2. The summed E-state index contributed by atoms with van der Waals surface area (Å²) >= 11 is 5.93. The molecule has 0 aliphatic carbocycles. The molecule has 6 heteroatoms. The van der Waals surface area contributed by atoms with E-state index in [-0.39, 0.29) is 29.2 Å². The lowest BCUT2D eigenvalue weighted by Crippen LogP contribution is -2.32. The molecular formula is C18H20ClN3O2. The molecule has 1 heterocycles. The van der Waals surface area contributed by atoms with Crippen LogP contribution in [0, 0.1) is 0 Å². The average Bonchev–Trinajstić information content (AvgIpc) is 2.54. The molecular weight excluding hydrogens is 326 g/mol. The summed E-state index contributed by atoms with van der Waals surface area (Å²) in [5, 5.41) is 6.22. The van der Waals surface area contributed by atoms with Gasteiger partial charge in [0.05, 0.1) is 0 Å². The van der Waals surface area contributed by atoms with Crippen molar-refractivity contribution in [2.45, 2.75) is 26.3 Å². The van der Waals surface area contributed by atoms with Gasteiger partial charge in [-0.3, -0.25) is 9.59 Å². The maximum absolute atomic E-state index is 12.2. The van der Waals surface area contributed by atoms with Crippen molar-refractivity contribution >= 4 is 23.4 Å². The Hall–Kier alpha value is -2.40. The molecule has 1 aromatic carbocycles. The van der Waals surface area contributed by atoms with Crippen LogP contribution < -0.4 is 10.6 Å². The first-order valence-electron chi connectivity index (χ1n) is 7.76. The number of hydrogen-bond donors (Lipinski definition) is 2. The Kier molecular flexibility index (Phi) is 6.32. The zero-order chi connectivity index (χ0) is 17.5. The molecule has 0 saturated heterocycles. The van der Waals surface area contributed by atoms with Gasteiger partial charge in [0.2, 0.25) is 0 Å². The summed E-state index contributed by atoms with van der Waals surface area (Å²) in [4.78, 5) is 28.2. The van der Waals surface area contributed by atoms with Crippen molar-refractivity contribution in [3.8, 4) is 0 Å². The molecule has 5 nitrogen and oxygen atoms in total. The standard InChI is InChI=1S/C18H20ClN3O2/c1-12(2)21-18(24)16-8-4-7-15(22-16)17(23)20-10-9-13-5-3-6-14(19)11-13/h3-8,11-12H,9-10H2,1-2H3,(H,20,23)(H,21,24). The lowest BCUT2D eigenvalue weighted by atomic mass is 10.1. The fraction of sp³-hybridized carbons (Fsp3) is 0.278. The number of halogens is 1. The van der Waals surface area contributed by atoms with Gasteiger partial charge in [-0.1, -0.05) is 29.8 Å². The first-order chi connectivity index (χ1) is 11.5. The number of pyridine rings is 1. The molecule has 0 fully saturated rings. The zero-order valence-corrected chi connectivity index (χ0v) is 14.4. The van der Waals surface area contributed by atoms with E-state index < -0.39 is 0 Å². The average molecular weight is 346 g/mol. The topological polar surface area (TPSA) is 71.1 Å². The Labute approximate surface area is 146 Å². The van der Waals surface area contributed by atoms with Crippen LogP contribution in [0.1, 0.15) is 40.4 Å². The Bertz CT molecular complexity index is 732. The van der Waals surface area contributed by atoms with E-state index in [0.717, 1.165) is 5.56 Å². The molecule has 2 aromatic rings. The van der Waals surface area contributed by atoms with E-state index in [0.29, 0.717) is 18.0 Å². The van der Waals surface area contributed by atoms with E-state index in [1.54, 1.807) is 24.3 Å². The van der Waals surface area contributed by atoms with Crippen LogP contribution in [0.25, 0.3) is 0 Å². The SMILES string of the molecule is CC(C)NC(=O)c1cccc(C(=O)NCCc2cccc(Cl)c2)n1. The second kappa shape index (κ2) is 8.45. The number of benzene rings is 1. The summed E-state index contributed by atoms with van der Waals surface area (Å²) < 4.78 is 0. The smallest absolute Gasteiger partial charge is 0.270 e. The molecule has 0 unspecified atom stereocenters. The Morgan fingerprint density at radius 1 is 1.08 bits per heavy atom. The molecule has 126 valence electrons. The van der Waals surface area contributed by atoms with Crippen LogP contribution in [0.4, 0.5) is 0 Å². The van der Waals surface area contributed by atoms with E-state index in [4.69, 9.17) is 11.6 Å². The summed E-state index contributed by atoms with van der Waals surface area (Å²) in [7, 11) is 0. The molecule has 0 aliphatic heterocycles. The highest BCUT2D eigenvalue weighted by atomic mass is 35.5. The van der Waals surface area contributed by atoms with Gasteiger partial charge in [0.15, 0.2) is 0 Å². The fourth-order valence-electron chi connectivity index (χ4n) is 2.13. The third kappa shape index (κ3) is 5.35. The van der Waals surface area contributed by atoms with E-state index >= 15 is 0 Å². The summed E-state index contributed by atoms with van der Waals surface area (Å²) in [5.74, 6) is -0.602. The minimum absolute atomic E-state index is 0.00878. The number of amides is 2. The van der Waals surface area contributed by atoms with Crippen LogP contribution >= 0.6 is 11.6 Å². The summed E-state index contributed by atoms with van der Waals surface area (Å²) in [6.45, 7) is 4.19. The predicted octanol–water partition coefficient (Wildman–Crippen LogP) is 2.85. The van der Waals surface area contributed by atoms with Crippen LogP contribution in [0.5, 0.6) is 0 Å². The summed E-state index contributed by atoms with van der Waals surface area (Å²) in [6.07, 6.45) is 0.666. The number of aromatic nitrogens is 1. The van der Waals surface area contributed by atoms with Gasteiger partial charge < -0.3 is 10.6 Å². The van der Waals surface area contributed by atoms with Gasteiger partial charge in [0.1, 0.15) is 11.4 Å². The number of nitrogens with one attached hydrogen (secondary N) is 2. The van der Waals surface area contributed by atoms with Gasteiger partial charge in [-0.25, -0.2) is 4.98 Å². The van der Waals surface area contributed by atoms with Crippen molar-refractivity contribution in [3.63, 3.8) is 0 Å². The number of hydrogen-bond acceptors (Lipinski definition) is 3. The normalized spacial score (nSPS) is 10.5. The molecule has 0 spiro atoms. The van der Waals surface area contributed by atoms with Crippen molar-refractivity contribution in [1.82, 2.24) is 15.6 Å². The van der Waals surface area contributed by atoms with Gasteiger partial charge in [0.25, 0.3) is 11.8 Å². The minimum atomic E-state index is -0.309. The van der Waals surface area contributed by atoms with Crippen molar-refractivity contribution in [2.24, 2.45) is 0 Å². The highest BCUT2D eigenvalue weighted by Gasteiger charge is 2.12. The quantitative estimate of drug-likeness (QED) is 0.845. The molecule has 0 aliphatic rings. The fourth-order valence-corrected chi connectivity index (χ4v) is 2.34. The van der Waals surface area contributed by atoms with Crippen molar-refractivity contribution in [3.05, 3.63) is 64.4 Å². The zero-order valence-electron chi connectivity index (χ0n) is 13.7. The van der Waals surface area contributed by atoms with Crippen LogP contribution in [-0.2, 0) is 6.42 Å². The van der Waals surface area contributed by atoms with Crippen molar-refractivity contribution < 1.29 is 9.59 Å². The third-order valence-electron chi connectivity index (χ3n) is 3.22. The molecule has 0 atom stereocenters. The molecule has 2 N–H and O–H groups in total. The highest BCUT2D eigenvalue weighted by Crippen LogP contribution is 2.10. The van der Waals surface area contributed by atoms with Crippen molar-refractivity contribution in [2.75, 3.05) is 6.54 Å². The predicted molar refractivity (Wildman–Crippen MR) is 94.3 cm³/mol. The molecule has 0 radical (unpaired) electrons. The number of carbonyl (C=O) groups is 2. The number of carbonyl (C=O) groups excluding carboxylic acids is 2. The maximum Gasteiger partial charge on any atom is 0.270 e. The van der Waals surface area contributed by atoms with Crippen LogP contribution in [0.2, 0.25) is 5.02 Å². The third-order valence-corrected chi connectivity index (χ3v) is 3.46. The van der Waals surface area contributed by atoms with Gasteiger partial charge in [-0.15, -0.1) is 0 Å². The molecule has 2 rings (SSSR count). The molecule has 2 amide bonds. The molecule has 0 bridgehead atoms. The van der Waals surface area contributed by atoms with Gasteiger partial charge in [-0.2, -0.15) is 0 Å². The largest absolute Gasteiger partial charge is 0.350 e. The second-order valence-corrected chi connectivity index (χ2v) is 6.11. The van der Waals surface area contributed by atoms with Crippen LogP contribution in [0.15, 0.2) is 42.5 Å². The Balaban J connectivity index is 1.93. The first-order valence-corrected chi connectivity index (χ1v) is 8.14. The molecule has 24 heavy (non-hydrogen) atoms. The molecule has 0 saturated carbocycles. The van der Waals surface area contributed by atoms with Gasteiger partial charge >= 0.3 is 0 Å². The van der Waals surface area contributed by atoms with Crippen LogP contribution in [0.3, 0.4) is 0 Å².